The van der Waals surface area contributed by atoms with Crippen molar-refractivity contribution in [3.05, 3.63) is 42.0 Å². The van der Waals surface area contributed by atoms with E-state index in [1.54, 1.807) is 13.0 Å². The zero-order valence-corrected chi connectivity index (χ0v) is 10.7. The van der Waals surface area contributed by atoms with Crippen LogP contribution in [0.25, 0.3) is 0 Å². The van der Waals surface area contributed by atoms with Crippen LogP contribution in [0.5, 0.6) is 0 Å². The van der Waals surface area contributed by atoms with E-state index in [2.05, 4.69) is 6.58 Å². The van der Waals surface area contributed by atoms with Crippen molar-refractivity contribution in [2.45, 2.75) is 18.2 Å². The summed E-state index contributed by atoms with van der Waals surface area (Å²) in [5.74, 6) is -0.572. The number of benzene rings is 1. The number of esters is 1. The molecule has 0 unspecified atom stereocenters. The van der Waals surface area contributed by atoms with Crippen LogP contribution in [-0.4, -0.2) is 25.5 Å². The highest BCUT2D eigenvalue weighted by molar-refractivity contribution is 7.85. The van der Waals surface area contributed by atoms with Gasteiger partial charge in [-0.1, -0.05) is 18.7 Å². The Balaban J connectivity index is 2.94. The summed E-state index contributed by atoms with van der Waals surface area (Å²) in [6, 6.07) is 4.57. The molecule has 0 radical (unpaired) electrons. The van der Waals surface area contributed by atoms with Gasteiger partial charge < -0.3 is 4.74 Å². The van der Waals surface area contributed by atoms with Crippen LogP contribution >= 0.6 is 0 Å². The predicted molar refractivity (Wildman–Crippen MR) is 65.9 cm³/mol. The second-order valence-corrected chi connectivity index (χ2v) is 5.04. The molecule has 18 heavy (non-hydrogen) atoms. The Kier molecular flexibility index (Phi) is 4.63. The molecular weight excluding hydrogens is 256 g/mol. The Bertz CT molecular complexity index is 560. The highest BCUT2D eigenvalue weighted by atomic mass is 32.2. The maximum atomic E-state index is 11.2. The molecule has 0 spiro atoms. The van der Waals surface area contributed by atoms with Crippen molar-refractivity contribution in [3.8, 4) is 0 Å². The molecule has 0 fully saturated rings. The van der Waals surface area contributed by atoms with Crippen LogP contribution in [0.15, 0.2) is 35.7 Å². The van der Waals surface area contributed by atoms with Crippen LogP contribution in [0.4, 0.5) is 0 Å². The molecular formula is C12H14O5S. The number of aryl methyl sites for hydroxylation is 1. The van der Waals surface area contributed by atoms with Gasteiger partial charge >= 0.3 is 5.97 Å². The molecule has 1 N–H and O–H groups in total. The zero-order chi connectivity index (χ0) is 13.8. The van der Waals surface area contributed by atoms with E-state index in [0.29, 0.717) is 11.1 Å². The quantitative estimate of drug-likeness (QED) is 0.498. The average Bonchev–Trinajstić information content (AvgIpc) is 2.29. The molecule has 0 saturated heterocycles. The topological polar surface area (TPSA) is 80.7 Å². The lowest BCUT2D eigenvalue weighted by Crippen LogP contribution is -2.10. The number of hydrogen-bond acceptors (Lipinski definition) is 4. The molecule has 0 saturated carbocycles. The van der Waals surface area contributed by atoms with Crippen LogP contribution < -0.4 is 0 Å². The van der Waals surface area contributed by atoms with Gasteiger partial charge in [0.2, 0.25) is 0 Å². The summed E-state index contributed by atoms with van der Waals surface area (Å²) in [7, 11) is -4.27. The monoisotopic (exact) mass is 270 g/mol. The zero-order valence-electron chi connectivity index (χ0n) is 9.92. The minimum Gasteiger partial charge on any atom is -0.462 e. The predicted octanol–water partition coefficient (Wildman–Crippen LogP) is 1.51. The van der Waals surface area contributed by atoms with Crippen LogP contribution in [0.3, 0.4) is 0 Å². The Hall–Kier alpha value is -1.66. The largest absolute Gasteiger partial charge is 0.462 e. The summed E-state index contributed by atoms with van der Waals surface area (Å²) in [6.07, 6.45) is 1.24. The van der Waals surface area contributed by atoms with E-state index in [4.69, 9.17) is 9.29 Å². The van der Waals surface area contributed by atoms with Crippen molar-refractivity contribution < 1.29 is 22.5 Å². The van der Waals surface area contributed by atoms with Crippen LogP contribution in [0, 0.1) is 6.92 Å². The van der Waals surface area contributed by atoms with Crippen molar-refractivity contribution in [2.24, 2.45) is 0 Å². The normalized spacial score (nSPS) is 11.0. The van der Waals surface area contributed by atoms with Crippen LogP contribution in [0.1, 0.15) is 11.1 Å². The SMILES string of the molecule is C=CC(=O)OCCc1c(C)cccc1S(=O)(=O)O. The fourth-order valence-electron chi connectivity index (χ4n) is 1.55. The smallest absolute Gasteiger partial charge is 0.330 e. The van der Waals surface area contributed by atoms with E-state index in [-0.39, 0.29) is 17.9 Å². The van der Waals surface area contributed by atoms with Gasteiger partial charge in [0.1, 0.15) is 0 Å². The number of ether oxygens (including phenoxy) is 1. The van der Waals surface area contributed by atoms with Crippen molar-refractivity contribution >= 4 is 16.1 Å². The van der Waals surface area contributed by atoms with Gasteiger partial charge in [-0.15, -0.1) is 0 Å². The first kappa shape index (κ1) is 14.4. The maximum absolute atomic E-state index is 11.2. The fraction of sp³-hybridized carbons (Fsp3) is 0.250. The third-order valence-corrected chi connectivity index (χ3v) is 3.35. The number of carbonyl (C=O) groups excluding carboxylic acids is 1. The van der Waals surface area contributed by atoms with Crippen LogP contribution in [-0.2, 0) is 26.1 Å². The highest BCUT2D eigenvalue weighted by Gasteiger charge is 2.16. The lowest BCUT2D eigenvalue weighted by molar-refractivity contribution is -0.137. The molecule has 0 heterocycles. The molecule has 0 aliphatic rings. The molecule has 98 valence electrons. The summed E-state index contributed by atoms with van der Waals surface area (Å²) >= 11 is 0. The molecule has 0 atom stereocenters. The van der Waals surface area contributed by atoms with Gasteiger partial charge in [0.25, 0.3) is 10.1 Å². The van der Waals surface area contributed by atoms with Gasteiger partial charge in [-0.05, 0) is 24.1 Å². The first-order valence-electron chi connectivity index (χ1n) is 5.21. The minimum absolute atomic E-state index is 0.0260. The van der Waals surface area contributed by atoms with E-state index in [1.165, 1.54) is 12.1 Å². The summed E-state index contributed by atoms with van der Waals surface area (Å²) in [5, 5.41) is 0. The maximum Gasteiger partial charge on any atom is 0.330 e. The third-order valence-electron chi connectivity index (χ3n) is 2.41. The van der Waals surface area contributed by atoms with E-state index >= 15 is 0 Å². The number of hydrogen-bond donors (Lipinski definition) is 1. The van der Waals surface area contributed by atoms with Crippen molar-refractivity contribution in [1.82, 2.24) is 0 Å². The lowest BCUT2D eigenvalue weighted by atomic mass is 10.1. The van der Waals surface area contributed by atoms with Gasteiger partial charge in [0.15, 0.2) is 0 Å². The van der Waals surface area contributed by atoms with E-state index in [0.717, 1.165) is 6.08 Å². The first-order valence-corrected chi connectivity index (χ1v) is 6.65. The Morgan fingerprint density at radius 2 is 2.17 bits per heavy atom. The molecule has 0 amide bonds. The third kappa shape index (κ3) is 3.68. The van der Waals surface area contributed by atoms with Crippen molar-refractivity contribution in [2.75, 3.05) is 6.61 Å². The second-order valence-electron chi connectivity index (χ2n) is 3.65. The lowest BCUT2D eigenvalue weighted by Gasteiger charge is -2.10. The Labute approximate surface area is 106 Å². The minimum atomic E-state index is -4.27. The number of carbonyl (C=O) groups is 1. The summed E-state index contributed by atoms with van der Waals surface area (Å²) in [6.45, 7) is 5.00. The molecule has 6 heteroatoms. The van der Waals surface area contributed by atoms with Crippen molar-refractivity contribution in [1.29, 1.82) is 0 Å². The molecule has 1 aromatic carbocycles. The van der Waals surface area contributed by atoms with Crippen molar-refractivity contribution in [3.63, 3.8) is 0 Å². The molecule has 5 nitrogen and oxygen atoms in total. The van der Waals surface area contributed by atoms with Gasteiger partial charge in [-0.2, -0.15) is 8.42 Å². The van der Waals surface area contributed by atoms with Gasteiger partial charge in [0, 0.05) is 12.5 Å². The molecule has 0 aliphatic carbocycles. The van der Waals surface area contributed by atoms with E-state index in [9.17, 15) is 13.2 Å². The van der Waals surface area contributed by atoms with Gasteiger partial charge in [0.05, 0.1) is 11.5 Å². The van der Waals surface area contributed by atoms with Gasteiger partial charge in [-0.25, -0.2) is 4.79 Å². The standard InChI is InChI=1S/C12H14O5S/c1-3-12(13)17-8-7-10-9(2)5-4-6-11(10)18(14,15)16/h3-6H,1,7-8H2,2H3,(H,14,15,16). The summed E-state index contributed by atoms with van der Waals surface area (Å²) in [4.78, 5) is 10.7. The fourth-order valence-corrected chi connectivity index (χ4v) is 2.37. The summed E-state index contributed by atoms with van der Waals surface area (Å²) < 4.78 is 36.3. The first-order chi connectivity index (χ1) is 8.36. The number of rotatable bonds is 5. The molecule has 1 aromatic rings. The highest BCUT2D eigenvalue weighted by Crippen LogP contribution is 2.19. The molecule has 0 bridgehead atoms. The van der Waals surface area contributed by atoms with E-state index in [1.807, 2.05) is 0 Å². The van der Waals surface area contributed by atoms with Crippen LogP contribution in [0.2, 0.25) is 0 Å². The Morgan fingerprint density at radius 1 is 1.50 bits per heavy atom. The molecule has 0 aromatic heterocycles. The van der Waals surface area contributed by atoms with E-state index < -0.39 is 16.1 Å². The second kappa shape index (κ2) is 5.79. The van der Waals surface area contributed by atoms with Gasteiger partial charge in [-0.3, -0.25) is 4.55 Å². The summed E-state index contributed by atoms with van der Waals surface area (Å²) in [5.41, 5.74) is 1.15. The average molecular weight is 270 g/mol. The Morgan fingerprint density at radius 3 is 2.72 bits per heavy atom. The molecule has 1 rings (SSSR count). The molecule has 0 aliphatic heterocycles.